The third-order valence-corrected chi connectivity index (χ3v) is 7.64. The zero-order valence-corrected chi connectivity index (χ0v) is 26.6. The molecule has 4 aromatic rings. The number of allylic oxidation sites excluding steroid dienone is 1. The van der Waals surface area contributed by atoms with E-state index in [9.17, 15) is 14.4 Å². The van der Waals surface area contributed by atoms with Crippen LogP contribution in [0.4, 0.5) is 0 Å². The van der Waals surface area contributed by atoms with Gasteiger partial charge in [0.15, 0.2) is 0 Å². The minimum atomic E-state index is -0.774. The quantitative estimate of drug-likeness (QED) is 0.0783. The van der Waals surface area contributed by atoms with Gasteiger partial charge in [0.25, 0.3) is 0 Å². The Labute approximate surface area is 270 Å². The van der Waals surface area contributed by atoms with E-state index in [1.807, 2.05) is 61.5 Å². The fraction of sp³-hybridized carbons (Fsp3) is 0.324. The molecule has 242 valence electrons. The maximum atomic E-state index is 12.9. The summed E-state index contributed by atoms with van der Waals surface area (Å²) in [4.78, 5) is 37.1. The Kier molecular flexibility index (Phi) is 13.0. The van der Waals surface area contributed by atoms with Crippen molar-refractivity contribution in [2.24, 2.45) is 5.73 Å². The number of carbonyl (C=O) groups excluding carboxylic acids is 3. The minimum absolute atomic E-state index is 0.159. The summed E-state index contributed by atoms with van der Waals surface area (Å²) >= 11 is 0. The fourth-order valence-electron chi connectivity index (χ4n) is 5.29. The van der Waals surface area contributed by atoms with Gasteiger partial charge in [-0.05, 0) is 72.8 Å². The molecule has 0 radical (unpaired) electrons. The third kappa shape index (κ3) is 9.08. The molecule has 0 aliphatic carbocycles. The predicted molar refractivity (Wildman–Crippen MR) is 182 cm³/mol. The topological polar surface area (TPSA) is 129 Å². The average molecular weight is 626 g/mol. The van der Waals surface area contributed by atoms with Gasteiger partial charge >= 0.3 is 5.97 Å². The molecule has 0 aliphatic rings. The molecule has 2 amide bonds. The van der Waals surface area contributed by atoms with Crippen LogP contribution in [-0.2, 0) is 19.1 Å². The molecule has 4 N–H and O–H groups in total. The van der Waals surface area contributed by atoms with Gasteiger partial charge in [-0.25, -0.2) is 0 Å². The summed E-state index contributed by atoms with van der Waals surface area (Å²) in [5.41, 5.74) is 7.48. The molecular formula is C37H43N3O6. The standard InChI is InChI=1S/C37H43N3O6/c1-3-4-23-45-31-20-18-26-12-5-7-14-28(26)35(31)36-29-15-8-6-13-27(29)19-21-32(36)46-24-11-17-33(41)40-30(16-9-10-22-38)37(43)39-25-34(42)44-2/h3-8,12-15,18-21,30H,9-11,16-17,22-25,38H2,1-2H3,(H,39,43)(H,40,41)/b4-3+/t30-/m1/s1. The summed E-state index contributed by atoms with van der Waals surface area (Å²) in [6.45, 7) is 2.90. The summed E-state index contributed by atoms with van der Waals surface area (Å²) in [6, 6.07) is 23.7. The molecule has 0 bridgehead atoms. The number of ether oxygens (including phenoxy) is 3. The monoisotopic (exact) mass is 625 g/mol. The molecule has 0 aromatic heterocycles. The molecule has 0 saturated carbocycles. The van der Waals surface area contributed by atoms with E-state index in [1.54, 1.807) is 0 Å². The van der Waals surface area contributed by atoms with Crippen LogP contribution in [0.3, 0.4) is 0 Å². The number of fused-ring (bicyclic) bond motifs is 2. The van der Waals surface area contributed by atoms with Gasteiger partial charge in [-0.1, -0.05) is 72.8 Å². The Balaban J connectivity index is 1.53. The third-order valence-electron chi connectivity index (χ3n) is 7.64. The zero-order chi connectivity index (χ0) is 32.7. The highest BCUT2D eigenvalue weighted by atomic mass is 16.5. The van der Waals surface area contributed by atoms with Gasteiger partial charge in [0.1, 0.15) is 30.7 Å². The number of esters is 1. The van der Waals surface area contributed by atoms with Gasteiger partial charge in [0.2, 0.25) is 11.8 Å². The van der Waals surface area contributed by atoms with Crippen LogP contribution in [0, 0.1) is 0 Å². The van der Waals surface area contributed by atoms with E-state index in [0.717, 1.165) is 44.8 Å². The normalized spacial score (nSPS) is 11.8. The number of rotatable bonds is 17. The smallest absolute Gasteiger partial charge is 0.325 e. The first-order valence-electron chi connectivity index (χ1n) is 15.7. The zero-order valence-electron chi connectivity index (χ0n) is 26.6. The summed E-state index contributed by atoms with van der Waals surface area (Å²) < 4.78 is 17.3. The highest BCUT2D eigenvalue weighted by molar-refractivity contribution is 6.09. The van der Waals surface area contributed by atoms with Crippen LogP contribution in [0.1, 0.15) is 39.0 Å². The van der Waals surface area contributed by atoms with Crippen LogP contribution >= 0.6 is 0 Å². The van der Waals surface area contributed by atoms with Crippen molar-refractivity contribution in [2.75, 3.05) is 33.4 Å². The SMILES string of the molecule is C/C=C/COc1ccc2ccccc2c1-c1c(OCCCC(=O)N[C@H](CCCCN)C(=O)NCC(=O)OC)ccc2ccccc12. The lowest BCUT2D eigenvalue weighted by Crippen LogP contribution is -2.48. The Morgan fingerprint density at radius 2 is 1.46 bits per heavy atom. The van der Waals surface area contributed by atoms with Gasteiger partial charge in [0.05, 0.1) is 13.7 Å². The maximum Gasteiger partial charge on any atom is 0.325 e. The molecule has 46 heavy (non-hydrogen) atoms. The fourth-order valence-corrected chi connectivity index (χ4v) is 5.29. The number of methoxy groups -OCH3 is 1. The molecule has 9 heteroatoms. The highest BCUT2D eigenvalue weighted by Crippen LogP contribution is 2.45. The lowest BCUT2D eigenvalue weighted by molar-refractivity contribution is -0.141. The lowest BCUT2D eigenvalue weighted by atomic mass is 9.92. The summed E-state index contributed by atoms with van der Waals surface area (Å²) in [6.07, 6.45) is 6.31. The molecular weight excluding hydrogens is 582 g/mol. The van der Waals surface area contributed by atoms with Crippen LogP contribution in [0.15, 0.2) is 84.9 Å². The van der Waals surface area contributed by atoms with Crippen molar-refractivity contribution < 1.29 is 28.6 Å². The number of nitrogens with two attached hydrogens (primary N) is 1. The number of amides is 2. The largest absolute Gasteiger partial charge is 0.493 e. The van der Waals surface area contributed by atoms with Crippen molar-refractivity contribution >= 4 is 39.3 Å². The van der Waals surface area contributed by atoms with E-state index >= 15 is 0 Å². The molecule has 0 heterocycles. The van der Waals surface area contributed by atoms with E-state index in [-0.39, 0.29) is 25.5 Å². The van der Waals surface area contributed by atoms with Gasteiger partial charge in [-0.2, -0.15) is 0 Å². The molecule has 4 rings (SSSR count). The molecule has 0 aliphatic heterocycles. The Morgan fingerprint density at radius 3 is 2.07 bits per heavy atom. The second kappa shape index (κ2) is 17.6. The van der Waals surface area contributed by atoms with Crippen molar-refractivity contribution in [3.8, 4) is 22.6 Å². The number of hydrogen-bond donors (Lipinski definition) is 3. The first kappa shape index (κ1) is 34.0. The number of carbonyl (C=O) groups is 3. The second-order valence-corrected chi connectivity index (χ2v) is 10.9. The molecule has 0 saturated heterocycles. The summed E-state index contributed by atoms with van der Waals surface area (Å²) in [7, 11) is 1.25. The van der Waals surface area contributed by atoms with Crippen molar-refractivity contribution in [2.45, 2.75) is 45.1 Å². The molecule has 0 fully saturated rings. The lowest BCUT2D eigenvalue weighted by Gasteiger charge is -2.20. The van der Waals surface area contributed by atoms with E-state index in [2.05, 4.69) is 45.7 Å². The summed E-state index contributed by atoms with van der Waals surface area (Å²) in [5, 5.41) is 9.57. The Bertz CT molecular complexity index is 1670. The van der Waals surface area contributed by atoms with Crippen LogP contribution in [-0.4, -0.2) is 57.2 Å². The van der Waals surface area contributed by atoms with Crippen molar-refractivity contribution in [1.29, 1.82) is 0 Å². The van der Waals surface area contributed by atoms with Gasteiger partial charge in [0, 0.05) is 17.5 Å². The van der Waals surface area contributed by atoms with Crippen LogP contribution in [0.5, 0.6) is 11.5 Å². The first-order chi connectivity index (χ1) is 22.5. The van der Waals surface area contributed by atoms with Gasteiger partial charge in [-0.15, -0.1) is 0 Å². The van der Waals surface area contributed by atoms with E-state index in [0.29, 0.717) is 38.2 Å². The van der Waals surface area contributed by atoms with Crippen molar-refractivity contribution in [3.05, 3.63) is 84.9 Å². The minimum Gasteiger partial charge on any atom is -0.493 e. The van der Waals surface area contributed by atoms with Crippen LogP contribution in [0.25, 0.3) is 32.7 Å². The summed E-state index contributed by atoms with van der Waals surface area (Å²) in [5.74, 6) is 0.166. The van der Waals surface area contributed by atoms with E-state index < -0.39 is 17.9 Å². The highest BCUT2D eigenvalue weighted by Gasteiger charge is 2.22. The van der Waals surface area contributed by atoms with E-state index in [4.69, 9.17) is 15.2 Å². The number of nitrogens with one attached hydrogen (secondary N) is 2. The molecule has 0 spiro atoms. The number of benzene rings is 4. The average Bonchev–Trinajstić information content (AvgIpc) is 3.08. The molecule has 4 aromatic carbocycles. The predicted octanol–water partition coefficient (Wildman–Crippen LogP) is 5.68. The number of hydrogen-bond acceptors (Lipinski definition) is 7. The second-order valence-electron chi connectivity index (χ2n) is 10.9. The molecule has 9 nitrogen and oxygen atoms in total. The Hall–Kier alpha value is -4.89. The van der Waals surface area contributed by atoms with Gasteiger partial charge < -0.3 is 30.6 Å². The van der Waals surface area contributed by atoms with Gasteiger partial charge in [-0.3, -0.25) is 14.4 Å². The van der Waals surface area contributed by atoms with E-state index in [1.165, 1.54) is 7.11 Å². The molecule has 0 unspecified atom stereocenters. The van der Waals surface area contributed by atoms with Crippen LogP contribution in [0.2, 0.25) is 0 Å². The Morgan fingerprint density at radius 1 is 0.826 bits per heavy atom. The molecule has 1 atom stereocenters. The number of unbranched alkanes of at least 4 members (excludes halogenated alkanes) is 1. The van der Waals surface area contributed by atoms with Crippen molar-refractivity contribution in [3.63, 3.8) is 0 Å². The van der Waals surface area contributed by atoms with Crippen LogP contribution < -0.4 is 25.8 Å². The first-order valence-corrected chi connectivity index (χ1v) is 15.7. The van der Waals surface area contributed by atoms with Crippen molar-refractivity contribution in [1.82, 2.24) is 10.6 Å². The maximum absolute atomic E-state index is 12.9.